The molecule has 1 aromatic carbocycles. The number of benzene rings is 1. The van der Waals surface area contributed by atoms with E-state index in [4.69, 9.17) is 4.74 Å². The van der Waals surface area contributed by atoms with E-state index in [1.54, 1.807) is 0 Å². The van der Waals surface area contributed by atoms with Gasteiger partial charge < -0.3 is 14.4 Å². The van der Waals surface area contributed by atoms with E-state index in [0.717, 1.165) is 23.8 Å². The van der Waals surface area contributed by atoms with Gasteiger partial charge in [-0.25, -0.2) is 0 Å². The van der Waals surface area contributed by atoms with Gasteiger partial charge in [-0.05, 0) is 50.5 Å². The molecule has 0 amide bonds. The van der Waals surface area contributed by atoms with Crippen molar-refractivity contribution >= 4 is 5.97 Å². The number of rotatable bonds is 6. The fraction of sp³-hybridized carbons (Fsp3) is 0.500. The Labute approximate surface area is 147 Å². The van der Waals surface area contributed by atoms with Crippen LogP contribution in [0.3, 0.4) is 0 Å². The van der Waals surface area contributed by atoms with Crippen molar-refractivity contribution in [1.29, 1.82) is 0 Å². The molecule has 0 aliphatic carbocycles. The van der Waals surface area contributed by atoms with Crippen LogP contribution >= 0.6 is 0 Å². The summed E-state index contributed by atoms with van der Waals surface area (Å²) in [4.78, 5) is 13.6. The molecule has 134 valence electrons. The zero-order chi connectivity index (χ0) is 18.0. The average molecular weight is 344 g/mol. The van der Waals surface area contributed by atoms with Gasteiger partial charge in [0.25, 0.3) is 0 Å². The Morgan fingerprint density at radius 1 is 1.24 bits per heavy atom. The normalized spacial score (nSPS) is 17.3. The standard InChI is InChI=1S/C18H24N4O3/c1-12-7-13(2)9-15(8-12)25-6-4-5-21-11-17-20-19-14(3)22(17)10-16(21)18(23)24/h7-9,16H,4-6,10-11H2,1-3H3,(H,23,24). The molecule has 0 saturated carbocycles. The van der Waals surface area contributed by atoms with E-state index in [9.17, 15) is 9.90 Å². The lowest BCUT2D eigenvalue weighted by Gasteiger charge is -2.33. The molecule has 0 bridgehead atoms. The van der Waals surface area contributed by atoms with Gasteiger partial charge in [-0.2, -0.15) is 0 Å². The molecular weight excluding hydrogens is 320 g/mol. The molecule has 3 rings (SSSR count). The summed E-state index contributed by atoms with van der Waals surface area (Å²) < 4.78 is 7.71. The third-order valence-electron chi connectivity index (χ3n) is 4.49. The Morgan fingerprint density at radius 3 is 2.64 bits per heavy atom. The molecule has 7 heteroatoms. The van der Waals surface area contributed by atoms with Crippen LogP contribution in [0.5, 0.6) is 5.75 Å². The number of aryl methyl sites for hydroxylation is 3. The first-order valence-corrected chi connectivity index (χ1v) is 8.50. The van der Waals surface area contributed by atoms with Crippen molar-refractivity contribution in [3.05, 3.63) is 41.0 Å². The lowest BCUT2D eigenvalue weighted by Crippen LogP contribution is -2.48. The molecule has 0 saturated heterocycles. The molecule has 1 atom stereocenters. The lowest BCUT2D eigenvalue weighted by atomic mass is 10.1. The van der Waals surface area contributed by atoms with Gasteiger partial charge in [-0.3, -0.25) is 9.69 Å². The summed E-state index contributed by atoms with van der Waals surface area (Å²) >= 11 is 0. The Morgan fingerprint density at radius 2 is 1.96 bits per heavy atom. The molecular formula is C18H24N4O3. The van der Waals surface area contributed by atoms with Gasteiger partial charge in [0.05, 0.1) is 19.7 Å². The maximum Gasteiger partial charge on any atom is 0.322 e. The van der Waals surface area contributed by atoms with E-state index in [1.165, 1.54) is 11.1 Å². The second-order valence-corrected chi connectivity index (χ2v) is 6.62. The summed E-state index contributed by atoms with van der Waals surface area (Å²) in [6, 6.07) is 5.58. The number of ether oxygens (including phenoxy) is 1. The predicted octanol–water partition coefficient (Wildman–Crippen LogP) is 1.94. The van der Waals surface area contributed by atoms with Gasteiger partial charge in [0, 0.05) is 6.54 Å². The molecule has 2 aromatic rings. The molecule has 25 heavy (non-hydrogen) atoms. The van der Waals surface area contributed by atoms with Crippen LogP contribution in [0, 0.1) is 20.8 Å². The fourth-order valence-corrected chi connectivity index (χ4v) is 3.30. The van der Waals surface area contributed by atoms with Crippen molar-refractivity contribution in [2.45, 2.75) is 46.3 Å². The number of hydrogen-bond donors (Lipinski definition) is 1. The maximum absolute atomic E-state index is 11.6. The van der Waals surface area contributed by atoms with E-state index in [-0.39, 0.29) is 0 Å². The van der Waals surface area contributed by atoms with Gasteiger partial charge in [0.1, 0.15) is 23.4 Å². The minimum atomic E-state index is -0.811. The number of carboxylic acid groups (broad SMARTS) is 1. The fourth-order valence-electron chi connectivity index (χ4n) is 3.30. The molecule has 1 aliphatic rings. The highest BCUT2D eigenvalue weighted by Crippen LogP contribution is 2.19. The number of aliphatic carboxylic acids is 1. The molecule has 0 spiro atoms. The van der Waals surface area contributed by atoms with E-state index in [2.05, 4.69) is 16.3 Å². The summed E-state index contributed by atoms with van der Waals surface area (Å²) in [5, 5.41) is 17.7. The topological polar surface area (TPSA) is 80.5 Å². The van der Waals surface area contributed by atoms with Gasteiger partial charge in [0.2, 0.25) is 0 Å². The first kappa shape index (κ1) is 17.4. The minimum absolute atomic E-state index is 0.390. The van der Waals surface area contributed by atoms with Crippen LogP contribution in [0.4, 0.5) is 0 Å². The van der Waals surface area contributed by atoms with Crippen LogP contribution in [0.25, 0.3) is 0 Å². The van der Waals surface area contributed by atoms with Crippen LogP contribution < -0.4 is 4.74 Å². The van der Waals surface area contributed by atoms with Crippen molar-refractivity contribution in [1.82, 2.24) is 19.7 Å². The quantitative estimate of drug-likeness (QED) is 0.807. The zero-order valence-electron chi connectivity index (χ0n) is 14.9. The molecule has 1 N–H and O–H groups in total. The Kier molecular flexibility index (Phi) is 5.03. The van der Waals surface area contributed by atoms with E-state index >= 15 is 0 Å². The first-order chi connectivity index (χ1) is 11.9. The summed E-state index contributed by atoms with van der Waals surface area (Å²) in [6.07, 6.45) is 0.754. The number of hydrogen-bond acceptors (Lipinski definition) is 5. The zero-order valence-corrected chi connectivity index (χ0v) is 14.9. The smallest absolute Gasteiger partial charge is 0.322 e. The maximum atomic E-state index is 11.6. The number of carbonyl (C=O) groups is 1. The van der Waals surface area contributed by atoms with Gasteiger partial charge in [-0.15, -0.1) is 10.2 Å². The monoisotopic (exact) mass is 344 g/mol. The summed E-state index contributed by atoms with van der Waals surface area (Å²) in [5.74, 6) is 1.64. The second-order valence-electron chi connectivity index (χ2n) is 6.62. The second kappa shape index (κ2) is 7.23. The highest BCUT2D eigenvalue weighted by Gasteiger charge is 2.32. The SMILES string of the molecule is Cc1cc(C)cc(OCCCN2Cc3nnc(C)n3CC2C(=O)O)c1. The van der Waals surface area contributed by atoms with Crippen LogP contribution in [-0.2, 0) is 17.9 Å². The van der Waals surface area contributed by atoms with Crippen LogP contribution in [0.1, 0.15) is 29.2 Å². The number of carboxylic acids is 1. The summed E-state index contributed by atoms with van der Waals surface area (Å²) in [6.45, 7) is 8.03. The first-order valence-electron chi connectivity index (χ1n) is 8.50. The Hall–Kier alpha value is -2.41. The highest BCUT2D eigenvalue weighted by atomic mass is 16.5. The van der Waals surface area contributed by atoms with Gasteiger partial charge >= 0.3 is 5.97 Å². The van der Waals surface area contributed by atoms with Crippen molar-refractivity contribution < 1.29 is 14.6 Å². The molecule has 0 fully saturated rings. The minimum Gasteiger partial charge on any atom is -0.494 e. The van der Waals surface area contributed by atoms with Crippen molar-refractivity contribution in [3.63, 3.8) is 0 Å². The number of nitrogens with zero attached hydrogens (tertiary/aromatic N) is 4. The molecule has 1 unspecified atom stereocenters. The van der Waals surface area contributed by atoms with E-state index in [0.29, 0.717) is 26.2 Å². The molecule has 7 nitrogen and oxygen atoms in total. The van der Waals surface area contributed by atoms with Crippen molar-refractivity contribution in [2.75, 3.05) is 13.2 Å². The lowest BCUT2D eigenvalue weighted by molar-refractivity contribution is -0.145. The number of aromatic nitrogens is 3. The van der Waals surface area contributed by atoms with E-state index < -0.39 is 12.0 Å². The van der Waals surface area contributed by atoms with Crippen molar-refractivity contribution in [2.24, 2.45) is 0 Å². The molecule has 2 heterocycles. The largest absolute Gasteiger partial charge is 0.494 e. The van der Waals surface area contributed by atoms with Crippen LogP contribution in [-0.4, -0.2) is 49.9 Å². The predicted molar refractivity (Wildman–Crippen MR) is 92.6 cm³/mol. The molecule has 1 aliphatic heterocycles. The van der Waals surface area contributed by atoms with Crippen LogP contribution in [0.2, 0.25) is 0 Å². The molecule has 0 radical (unpaired) electrons. The summed E-state index contributed by atoms with van der Waals surface area (Å²) in [7, 11) is 0. The van der Waals surface area contributed by atoms with Gasteiger partial charge in [0.15, 0.2) is 0 Å². The average Bonchev–Trinajstić information content (AvgIpc) is 2.90. The van der Waals surface area contributed by atoms with E-state index in [1.807, 2.05) is 42.4 Å². The Balaban J connectivity index is 1.57. The molecule has 1 aromatic heterocycles. The van der Waals surface area contributed by atoms with Crippen molar-refractivity contribution in [3.8, 4) is 5.75 Å². The Bertz CT molecular complexity index is 751. The van der Waals surface area contributed by atoms with Crippen LogP contribution in [0.15, 0.2) is 18.2 Å². The number of fused-ring (bicyclic) bond motifs is 1. The summed E-state index contributed by atoms with van der Waals surface area (Å²) in [5.41, 5.74) is 2.35. The third-order valence-corrected chi connectivity index (χ3v) is 4.49. The third kappa shape index (κ3) is 3.99. The highest BCUT2D eigenvalue weighted by molar-refractivity contribution is 5.73. The van der Waals surface area contributed by atoms with Gasteiger partial charge in [-0.1, -0.05) is 6.07 Å².